The number of likely N-dealkylation sites (tertiary alicyclic amines) is 1. The minimum atomic E-state index is -0.597. The van der Waals surface area contributed by atoms with Crippen LogP contribution in [0.4, 0.5) is 11.5 Å². The van der Waals surface area contributed by atoms with Gasteiger partial charge in [-0.2, -0.15) is 0 Å². The van der Waals surface area contributed by atoms with Crippen molar-refractivity contribution in [1.82, 2.24) is 9.55 Å². The number of hydrogen-bond donors (Lipinski definition) is 3. The van der Waals surface area contributed by atoms with Crippen LogP contribution >= 0.6 is 0 Å². The Kier molecular flexibility index (Phi) is 7.24. The fraction of sp³-hybridized carbons (Fsp3) is 0.737. The SMILES string of the molecule is CC(C)CN(C(=O)C[NH+]1CCCCC1)c1c(N)n(CC(C)C)c(=O)[nH]c1=O. The second kappa shape index (κ2) is 9.21. The van der Waals surface area contributed by atoms with Crippen LogP contribution in [0.3, 0.4) is 0 Å². The van der Waals surface area contributed by atoms with E-state index >= 15 is 0 Å². The highest BCUT2D eigenvalue weighted by atomic mass is 16.2. The first kappa shape index (κ1) is 21.2. The highest BCUT2D eigenvalue weighted by Gasteiger charge is 2.28. The number of aromatic amines is 1. The number of nitrogens with two attached hydrogens (primary N) is 1. The number of piperidine rings is 1. The minimum Gasteiger partial charge on any atom is -0.383 e. The predicted molar refractivity (Wildman–Crippen MR) is 107 cm³/mol. The summed E-state index contributed by atoms with van der Waals surface area (Å²) in [4.78, 5) is 42.9. The highest BCUT2D eigenvalue weighted by Crippen LogP contribution is 2.19. The third-order valence-electron chi connectivity index (χ3n) is 4.84. The van der Waals surface area contributed by atoms with Gasteiger partial charge in [0.25, 0.3) is 11.5 Å². The zero-order valence-corrected chi connectivity index (χ0v) is 17.0. The Morgan fingerprint density at radius 3 is 2.33 bits per heavy atom. The normalized spacial score (nSPS) is 15.5. The molecule has 8 nitrogen and oxygen atoms in total. The molecule has 1 aromatic rings. The molecule has 0 saturated carbocycles. The van der Waals surface area contributed by atoms with E-state index in [2.05, 4.69) is 4.98 Å². The first-order valence-corrected chi connectivity index (χ1v) is 9.97. The van der Waals surface area contributed by atoms with Gasteiger partial charge in [0.05, 0.1) is 13.1 Å². The summed E-state index contributed by atoms with van der Waals surface area (Å²) in [5, 5.41) is 0. The average Bonchev–Trinajstić information content (AvgIpc) is 2.58. The third-order valence-corrected chi connectivity index (χ3v) is 4.84. The van der Waals surface area contributed by atoms with E-state index in [1.807, 2.05) is 27.7 Å². The number of nitrogens with one attached hydrogen (secondary N) is 2. The number of carbonyl (C=O) groups is 1. The van der Waals surface area contributed by atoms with Crippen molar-refractivity contribution in [3.05, 3.63) is 20.8 Å². The van der Waals surface area contributed by atoms with Gasteiger partial charge in [-0.3, -0.25) is 24.0 Å². The smallest absolute Gasteiger partial charge is 0.330 e. The van der Waals surface area contributed by atoms with Gasteiger partial charge >= 0.3 is 5.69 Å². The van der Waals surface area contributed by atoms with Gasteiger partial charge in [0.2, 0.25) is 0 Å². The lowest BCUT2D eigenvalue weighted by Crippen LogP contribution is -3.14. The summed E-state index contributed by atoms with van der Waals surface area (Å²) in [6.07, 6.45) is 3.45. The first-order chi connectivity index (χ1) is 12.7. The molecule has 4 N–H and O–H groups in total. The monoisotopic (exact) mass is 380 g/mol. The van der Waals surface area contributed by atoms with Crippen molar-refractivity contribution in [2.75, 3.05) is 36.8 Å². The van der Waals surface area contributed by atoms with Gasteiger partial charge in [0, 0.05) is 13.1 Å². The van der Waals surface area contributed by atoms with Crippen LogP contribution < -0.4 is 26.8 Å². The van der Waals surface area contributed by atoms with Crippen molar-refractivity contribution >= 4 is 17.4 Å². The Labute approximate surface area is 160 Å². The van der Waals surface area contributed by atoms with Gasteiger partial charge < -0.3 is 10.6 Å². The molecule has 1 aliphatic rings. The molecule has 0 unspecified atom stereocenters. The lowest BCUT2D eigenvalue weighted by atomic mass is 10.1. The van der Waals surface area contributed by atoms with Crippen molar-refractivity contribution in [2.24, 2.45) is 11.8 Å². The number of aromatic nitrogens is 2. The van der Waals surface area contributed by atoms with Crippen LogP contribution in [0.15, 0.2) is 9.59 Å². The Balaban J connectivity index is 2.41. The number of rotatable bonds is 7. The molecule has 2 heterocycles. The molecular weight excluding hydrogens is 346 g/mol. The highest BCUT2D eigenvalue weighted by molar-refractivity contribution is 5.96. The molecule has 152 valence electrons. The Morgan fingerprint density at radius 1 is 1.15 bits per heavy atom. The van der Waals surface area contributed by atoms with Gasteiger partial charge in [0.15, 0.2) is 12.2 Å². The summed E-state index contributed by atoms with van der Waals surface area (Å²) >= 11 is 0. The standard InChI is InChI=1S/C19H33N5O3/c1-13(2)10-23(15(25)12-22-8-6-5-7-9-22)16-17(20)24(11-14(3)4)19(27)21-18(16)26/h13-14H,5-12,20H2,1-4H3,(H,21,26,27)/p+1. The fourth-order valence-electron chi connectivity index (χ4n) is 3.61. The molecule has 0 radical (unpaired) electrons. The quantitative estimate of drug-likeness (QED) is 0.611. The van der Waals surface area contributed by atoms with Gasteiger partial charge in [-0.15, -0.1) is 0 Å². The molecule has 1 aliphatic heterocycles. The summed E-state index contributed by atoms with van der Waals surface area (Å²) in [6.45, 7) is 11.0. The summed E-state index contributed by atoms with van der Waals surface area (Å²) in [6, 6.07) is 0. The molecule has 0 aliphatic carbocycles. The van der Waals surface area contributed by atoms with E-state index in [0.717, 1.165) is 25.9 Å². The van der Waals surface area contributed by atoms with Crippen LogP contribution in [0, 0.1) is 11.8 Å². The Morgan fingerprint density at radius 2 is 1.78 bits per heavy atom. The summed E-state index contributed by atoms with van der Waals surface area (Å²) in [5.74, 6) is 0.290. The van der Waals surface area contributed by atoms with Crippen LogP contribution in [-0.4, -0.2) is 41.6 Å². The van der Waals surface area contributed by atoms with Crippen molar-refractivity contribution in [1.29, 1.82) is 0 Å². The van der Waals surface area contributed by atoms with E-state index in [1.165, 1.54) is 20.8 Å². The number of nitrogen functional groups attached to an aromatic ring is 1. The van der Waals surface area contributed by atoms with Crippen molar-refractivity contribution < 1.29 is 9.69 Å². The predicted octanol–water partition coefficient (Wildman–Crippen LogP) is -0.167. The summed E-state index contributed by atoms with van der Waals surface area (Å²) in [5.41, 5.74) is 5.19. The number of hydrogen-bond acceptors (Lipinski definition) is 4. The zero-order chi connectivity index (χ0) is 20.1. The summed E-state index contributed by atoms with van der Waals surface area (Å²) in [7, 11) is 0. The maximum Gasteiger partial charge on any atom is 0.330 e. The topological polar surface area (TPSA) is 106 Å². The molecule has 8 heteroatoms. The average molecular weight is 381 g/mol. The molecule has 27 heavy (non-hydrogen) atoms. The molecule has 1 amide bonds. The van der Waals surface area contributed by atoms with Crippen LogP contribution in [0.2, 0.25) is 0 Å². The largest absolute Gasteiger partial charge is 0.383 e. The zero-order valence-electron chi connectivity index (χ0n) is 17.0. The van der Waals surface area contributed by atoms with E-state index in [1.54, 1.807) is 0 Å². The number of quaternary nitrogens is 1. The van der Waals surface area contributed by atoms with Crippen LogP contribution in [0.5, 0.6) is 0 Å². The van der Waals surface area contributed by atoms with Crippen molar-refractivity contribution in [3.8, 4) is 0 Å². The number of carbonyl (C=O) groups excluding carboxylic acids is 1. The maximum atomic E-state index is 13.1. The number of anilines is 2. The molecule has 2 rings (SSSR count). The van der Waals surface area contributed by atoms with Gasteiger partial charge in [-0.05, 0) is 31.1 Å². The van der Waals surface area contributed by atoms with Crippen LogP contribution in [0.1, 0.15) is 47.0 Å². The first-order valence-electron chi connectivity index (χ1n) is 9.97. The van der Waals surface area contributed by atoms with Crippen molar-refractivity contribution in [3.63, 3.8) is 0 Å². The molecule has 0 bridgehead atoms. The van der Waals surface area contributed by atoms with Gasteiger partial charge in [-0.25, -0.2) is 4.79 Å². The molecule has 1 fully saturated rings. The lowest BCUT2D eigenvalue weighted by Gasteiger charge is -2.29. The second-order valence-electron chi connectivity index (χ2n) is 8.38. The molecule has 0 aromatic carbocycles. The fourth-order valence-corrected chi connectivity index (χ4v) is 3.61. The van der Waals surface area contributed by atoms with E-state index in [-0.39, 0.29) is 29.2 Å². The van der Waals surface area contributed by atoms with E-state index in [4.69, 9.17) is 5.73 Å². The Bertz CT molecular complexity index is 760. The third kappa shape index (κ3) is 5.45. The van der Waals surface area contributed by atoms with Gasteiger partial charge in [0.1, 0.15) is 5.82 Å². The van der Waals surface area contributed by atoms with Gasteiger partial charge in [-0.1, -0.05) is 27.7 Å². The van der Waals surface area contributed by atoms with Crippen LogP contribution in [-0.2, 0) is 11.3 Å². The number of H-pyrrole nitrogens is 1. The van der Waals surface area contributed by atoms with E-state index in [9.17, 15) is 14.4 Å². The number of nitrogens with zero attached hydrogens (tertiary/aromatic N) is 2. The Hall–Kier alpha value is -2.09. The van der Waals surface area contributed by atoms with E-state index in [0.29, 0.717) is 19.6 Å². The van der Waals surface area contributed by atoms with E-state index < -0.39 is 11.2 Å². The maximum absolute atomic E-state index is 13.1. The minimum absolute atomic E-state index is 0.0695. The molecular formula is C19H34N5O3+. The van der Waals surface area contributed by atoms with Crippen molar-refractivity contribution in [2.45, 2.75) is 53.5 Å². The second-order valence-corrected chi connectivity index (χ2v) is 8.38. The molecule has 0 spiro atoms. The lowest BCUT2D eigenvalue weighted by molar-refractivity contribution is -0.896. The summed E-state index contributed by atoms with van der Waals surface area (Å²) < 4.78 is 1.36. The molecule has 0 atom stereocenters. The van der Waals surface area contributed by atoms with Crippen LogP contribution in [0.25, 0.3) is 0 Å². The molecule has 1 saturated heterocycles. The molecule has 1 aromatic heterocycles. The number of amides is 1.